The molecule has 3 heterocycles. The Labute approximate surface area is 182 Å². The molecule has 0 atom stereocenters. The highest BCUT2D eigenvalue weighted by Gasteiger charge is 2.15. The van der Waals surface area contributed by atoms with Crippen LogP contribution in [0.4, 0.5) is 0 Å². The van der Waals surface area contributed by atoms with Crippen molar-refractivity contribution >= 4 is 11.0 Å². The van der Waals surface area contributed by atoms with Crippen LogP contribution in [0, 0.1) is 27.7 Å². The second kappa shape index (κ2) is 7.51. The van der Waals surface area contributed by atoms with Crippen molar-refractivity contribution in [2.75, 3.05) is 0 Å². The largest absolute Gasteiger partial charge is 0.456 e. The summed E-state index contributed by atoms with van der Waals surface area (Å²) in [7, 11) is 0. The molecular formula is C28H24N2O. The van der Waals surface area contributed by atoms with E-state index in [0.29, 0.717) is 0 Å². The number of benzene rings is 2. The van der Waals surface area contributed by atoms with Gasteiger partial charge in [0.05, 0.1) is 5.69 Å². The lowest BCUT2D eigenvalue weighted by atomic mass is 9.93. The van der Waals surface area contributed by atoms with Crippen molar-refractivity contribution in [3.8, 4) is 33.7 Å². The predicted octanol–water partition coefficient (Wildman–Crippen LogP) is 7.46. The number of pyridine rings is 2. The lowest BCUT2D eigenvalue weighted by Crippen LogP contribution is -1.90. The summed E-state index contributed by atoms with van der Waals surface area (Å²) in [5.41, 5.74) is 11.0. The monoisotopic (exact) mass is 404 g/mol. The van der Waals surface area contributed by atoms with Gasteiger partial charge in [-0.1, -0.05) is 18.2 Å². The lowest BCUT2D eigenvalue weighted by molar-refractivity contribution is 0.628. The molecule has 2 aromatic carbocycles. The van der Waals surface area contributed by atoms with Crippen LogP contribution in [0.15, 0.2) is 77.5 Å². The molecule has 0 saturated heterocycles. The molecule has 0 aliphatic carbocycles. The molecule has 0 bridgehead atoms. The van der Waals surface area contributed by atoms with Gasteiger partial charge < -0.3 is 4.42 Å². The summed E-state index contributed by atoms with van der Waals surface area (Å²) in [5.74, 6) is 0.847. The summed E-state index contributed by atoms with van der Waals surface area (Å²) >= 11 is 0. The third-order valence-electron chi connectivity index (χ3n) is 5.95. The number of hydrogen-bond donors (Lipinski definition) is 0. The summed E-state index contributed by atoms with van der Waals surface area (Å²) in [6, 6.07) is 21.2. The first kappa shape index (κ1) is 19.3. The maximum atomic E-state index is 6.25. The van der Waals surface area contributed by atoms with Gasteiger partial charge in [-0.2, -0.15) is 0 Å². The van der Waals surface area contributed by atoms with E-state index in [1.807, 2.05) is 31.5 Å². The molecule has 0 aliphatic heterocycles. The second-order valence-corrected chi connectivity index (χ2v) is 8.19. The van der Waals surface area contributed by atoms with Crippen LogP contribution in [-0.2, 0) is 0 Å². The summed E-state index contributed by atoms with van der Waals surface area (Å²) in [4.78, 5) is 8.97. The van der Waals surface area contributed by atoms with E-state index in [1.165, 1.54) is 22.3 Å². The molecule has 0 unspecified atom stereocenters. The quantitative estimate of drug-likeness (QED) is 0.313. The molecule has 0 amide bonds. The van der Waals surface area contributed by atoms with Crippen molar-refractivity contribution in [3.05, 3.63) is 95.4 Å². The molecule has 0 radical (unpaired) electrons. The molecule has 3 aromatic heterocycles. The van der Waals surface area contributed by atoms with Crippen LogP contribution in [0.5, 0.6) is 0 Å². The van der Waals surface area contributed by atoms with Gasteiger partial charge in [-0.15, -0.1) is 0 Å². The molecule has 0 N–H and O–H groups in total. The molecule has 152 valence electrons. The van der Waals surface area contributed by atoms with Gasteiger partial charge in [0.25, 0.3) is 0 Å². The number of aryl methyl sites for hydroxylation is 3. The van der Waals surface area contributed by atoms with Gasteiger partial charge in [0.1, 0.15) is 11.3 Å². The average molecular weight is 405 g/mol. The zero-order chi connectivity index (χ0) is 21.5. The van der Waals surface area contributed by atoms with E-state index in [-0.39, 0.29) is 0 Å². The van der Waals surface area contributed by atoms with E-state index in [0.717, 1.165) is 44.8 Å². The van der Waals surface area contributed by atoms with Crippen LogP contribution in [0.1, 0.15) is 22.4 Å². The Morgan fingerprint density at radius 2 is 1.55 bits per heavy atom. The van der Waals surface area contributed by atoms with Crippen LogP contribution in [0.3, 0.4) is 0 Å². The first-order valence-electron chi connectivity index (χ1n) is 10.5. The van der Waals surface area contributed by atoms with Gasteiger partial charge >= 0.3 is 0 Å². The highest BCUT2D eigenvalue weighted by molar-refractivity contribution is 5.92. The Kier molecular flexibility index (Phi) is 4.67. The van der Waals surface area contributed by atoms with Gasteiger partial charge in [0, 0.05) is 34.6 Å². The van der Waals surface area contributed by atoms with Gasteiger partial charge in [0.2, 0.25) is 0 Å². The Hall–Kier alpha value is -3.72. The molecule has 3 heteroatoms. The molecular weight excluding hydrogens is 380 g/mol. The molecule has 0 fully saturated rings. The summed E-state index contributed by atoms with van der Waals surface area (Å²) in [5, 5.41) is 1.10. The maximum absolute atomic E-state index is 6.25. The number of rotatable bonds is 3. The fourth-order valence-corrected chi connectivity index (χ4v) is 4.04. The molecule has 0 saturated carbocycles. The summed E-state index contributed by atoms with van der Waals surface area (Å²) in [6.45, 7) is 8.38. The van der Waals surface area contributed by atoms with E-state index in [4.69, 9.17) is 4.42 Å². The summed E-state index contributed by atoms with van der Waals surface area (Å²) < 4.78 is 6.25. The topological polar surface area (TPSA) is 38.9 Å². The van der Waals surface area contributed by atoms with Gasteiger partial charge in [-0.3, -0.25) is 9.97 Å². The van der Waals surface area contributed by atoms with Gasteiger partial charge in [-0.25, -0.2) is 0 Å². The zero-order valence-electron chi connectivity index (χ0n) is 18.2. The zero-order valence-corrected chi connectivity index (χ0v) is 18.2. The summed E-state index contributed by atoms with van der Waals surface area (Å²) in [6.07, 6.45) is 3.74. The molecule has 3 nitrogen and oxygen atoms in total. The van der Waals surface area contributed by atoms with Crippen molar-refractivity contribution in [1.82, 2.24) is 9.97 Å². The van der Waals surface area contributed by atoms with Crippen LogP contribution in [0.25, 0.3) is 44.7 Å². The van der Waals surface area contributed by atoms with Crippen molar-refractivity contribution in [2.24, 2.45) is 0 Å². The molecule has 0 spiro atoms. The van der Waals surface area contributed by atoms with E-state index in [1.54, 1.807) is 0 Å². The SMILES string of the molecule is Cc1ccnc(-c2cccc(-c3cc4cc(-c5ccc(C)nc5)oc4c(C)c3C)c2)c1. The van der Waals surface area contributed by atoms with Crippen molar-refractivity contribution < 1.29 is 4.42 Å². The van der Waals surface area contributed by atoms with Gasteiger partial charge in [-0.05, 0) is 98.0 Å². The van der Waals surface area contributed by atoms with Crippen molar-refractivity contribution in [1.29, 1.82) is 0 Å². The third kappa shape index (κ3) is 3.53. The smallest absolute Gasteiger partial charge is 0.138 e. The molecule has 0 aliphatic rings. The molecule has 5 aromatic rings. The minimum absolute atomic E-state index is 0.847. The Balaban J connectivity index is 1.63. The highest BCUT2D eigenvalue weighted by atomic mass is 16.3. The van der Waals surface area contributed by atoms with E-state index < -0.39 is 0 Å². The Bertz CT molecular complexity index is 1410. The standard InChI is InChI=1S/C28H24N2O/c1-17-10-11-29-26(12-17)22-7-5-6-21(13-22)25-14-24-15-27(23-9-8-18(2)30-16-23)31-28(24)20(4)19(25)3/h5-16H,1-4H3. The molecule has 31 heavy (non-hydrogen) atoms. The first-order chi connectivity index (χ1) is 15.0. The number of aromatic nitrogens is 2. The van der Waals surface area contributed by atoms with Crippen LogP contribution >= 0.6 is 0 Å². The average Bonchev–Trinajstić information content (AvgIpc) is 3.21. The normalized spacial score (nSPS) is 11.2. The van der Waals surface area contributed by atoms with E-state index in [9.17, 15) is 0 Å². The van der Waals surface area contributed by atoms with Crippen LogP contribution in [-0.4, -0.2) is 9.97 Å². The Morgan fingerprint density at radius 3 is 2.32 bits per heavy atom. The van der Waals surface area contributed by atoms with E-state index >= 15 is 0 Å². The second-order valence-electron chi connectivity index (χ2n) is 8.19. The van der Waals surface area contributed by atoms with Crippen molar-refractivity contribution in [3.63, 3.8) is 0 Å². The lowest BCUT2D eigenvalue weighted by Gasteiger charge is -2.11. The minimum Gasteiger partial charge on any atom is -0.456 e. The number of hydrogen-bond acceptors (Lipinski definition) is 3. The fourth-order valence-electron chi connectivity index (χ4n) is 4.04. The van der Waals surface area contributed by atoms with Crippen LogP contribution < -0.4 is 0 Å². The maximum Gasteiger partial charge on any atom is 0.138 e. The van der Waals surface area contributed by atoms with Gasteiger partial charge in [0.15, 0.2) is 0 Å². The number of furan rings is 1. The fraction of sp³-hybridized carbons (Fsp3) is 0.143. The number of fused-ring (bicyclic) bond motifs is 1. The molecule has 5 rings (SSSR count). The minimum atomic E-state index is 0.847. The highest BCUT2D eigenvalue weighted by Crippen LogP contribution is 2.37. The third-order valence-corrected chi connectivity index (χ3v) is 5.95. The number of nitrogens with zero attached hydrogens (tertiary/aromatic N) is 2. The van der Waals surface area contributed by atoms with Crippen molar-refractivity contribution in [2.45, 2.75) is 27.7 Å². The van der Waals surface area contributed by atoms with Crippen LogP contribution in [0.2, 0.25) is 0 Å². The van der Waals surface area contributed by atoms with E-state index in [2.05, 4.69) is 79.3 Å². The predicted molar refractivity (Wildman–Crippen MR) is 127 cm³/mol. The first-order valence-corrected chi connectivity index (χ1v) is 10.5. The Morgan fingerprint density at radius 1 is 0.710 bits per heavy atom.